The molecule has 136 valence electrons. The fourth-order valence-electron chi connectivity index (χ4n) is 3.30. The normalized spacial score (nSPS) is 18.1. The van der Waals surface area contributed by atoms with E-state index in [9.17, 15) is 0 Å². The lowest BCUT2D eigenvalue weighted by Gasteiger charge is -2.21. The van der Waals surface area contributed by atoms with Crippen molar-refractivity contribution in [1.29, 1.82) is 0 Å². The summed E-state index contributed by atoms with van der Waals surface area (Å²) in [4.78, 5) is 12.9. The Morgan fingerprint density at radius 2 is 2.32 bits per heavy atom. The monoisotopic (exact) mass is 360 g/mol. The first-order valence-electron chi connectivity index (χ1n) is 9.06. The summed E-state index contributed by atoms with van der Waals surface area (Å²) < 4.78 is 1.88. The van der Waals surface area contributed by atoms with E-state index in [4.69, 9.17) is 4.99 Å². The molecule has 1 aliphatic rings. The Bertz CT molecular complexity index is 704. The van der Waals surface area contributed by atoms with E-state index in [-0.39, 0.29) is 0 Å². The Hall–Kier alpha value is -1.89. The van der Waals surface area contributed by atoms with E-state index in [1.807, 2.05) is 24.1 Å². The number of thiazole rings is 1. The van der Waals surface area contributed by atoms with Gasteiger partial charge in [-0.1, -0.05) is 0 Å². The van der Waals surface area contributed by atoms with Crippen LogP contribution in [0.5, 0.6) is 0 Å². The third kappa shape index (κ3) is 5.04. The Morgan fingerprint density at radius 1 is 1.44 bits per heavy atom. The van der Waals surface area contributed by atoms with Crippen LogP contribution < -0.4 is 5.32 Å². The highest BCUT2D eigenvalue weighted by atomic mass is 32.1. The predicted octanol–water partition coefficient (Wildman–Crippen LogP) is 2.26. The largest absolute Gasteiger partial charge is 0.357 e. The van der Waals surface area contributed by atoms with Gasteiger partial charge in [0.2, 0.25) is 0 Å². The van der Waals surface area contributed by atoms with Gasteiger partial charge in [0, 0.05) is 56.9 Å². The third-order valence-electron chi connectivity index (χ3n) is 4.46. The second kappa shape index (κ2) is 8.47. The molecule has 0 saturated carbocycles. The van der Waals surface area contributed by atoms with Crippen molar-refractivity contribution in [3.63, 3.8) is 0 Å². The van der Waals surface area contributed by atoms with Crippen molar-refractivity contribution >= 4 is 17.3 Å². The van der Waals surface area contributed by atoms with E-state index >= 15 is 0 Å². The van der Waals surface area contributed by atoms with E-state index < -0.39 is 0 Å². The van der Waals surface area contributed by atoms with Crippen LogP contribution in [0.3, 0.4) is 0 Å². The minimum Gasteiger partial charge on any atom is -0.357 e. The minimum absolute atomic E-state index is 0.676. The molecule has 1 aliphatic heterocycles. The molecule has 0 spiro atoms. The minimum atomic E-state index is 0.676. The molecule has 0 radical (unpaired) electrons. The highest BCUT2D eigenvalue weighted by molar-refractivity contribution is 7.11. The number of aliphatic imine (C=N–C) groups is 1. The van der Waals surface area contributed by atoms with Gasteiger partial charge in [-0.15, -0.1) is 11.3 Å². The van der Waals surface area contributed by atoms with Gasteiger partial charge >= 0.3 is 0 Å². The van der Waals surface area contributed by atoms with Gasteiger partial charge in [0.1, 0.15) is 0 Å². The molecule has 0 aromatic carbocycles. The molecule has 6 nitrogen and oxygen atoms in total. The number of nitrogens with zero attached hydrogens (tertiary/aromatic N) is 5. The van der Waals surface area contributed by atoms with E-state index in [1.54, 1.807) is 11.3 Å². The molecule has 3 heterocycles. The van der Waals surface area contributed by atoms with Crippen molar-refractivity contribution in [2.24, 2.45) is 18.0 Å². The Balaban J connectivity index is 1.54. The zero-order valence-corrected chi connectivity index (χ0v) is 16.2. The fraction of sp³-hybridized carbons (Fsp3) is 0.611. The first-order chi connectivity index (χ1) is 12.1. The van der Waals surface area contributed by atoms with E-state index in [0.29, 0.717) is 5.92 Å². The second-order valence-electron chi connectivity index (χ2n) is 6.68. The van der Waals surface area contributed by atoms with Crippen LogP contribution in [0.4, 0.5) is 0 Å². The molecule has 7 heteroatoms. The number of hydrogen-bond acceptors (Lipinski definition) is 4. The van der Waals surface area contributed by atoms with Crippen LogP contribution >= 0.6 is 11.3 Å². The van der Waals surface area contributed by atoms with Gasteiger partial charge in [-0.25, -0.2) is 4.98 Å². The topological polar surface area (TPSA) is 58.3 Å². The Labute approximate surface area is 154 Å². The summed E-state index contributed by atoms with van der Waals surface area (Å²) in [6.07, 6.45) is 9.28. The smallest absolute Gasteiger partial charge is 0.193 e. The number of likely N-dealkylation sites (tertiary alicyclic amines) is 1. The molecule has 1 atom stereocenters. The van der Waals surface area contributed by atoms with Crippen molar-refractivity contribution in [1.82, 2.24) is 25.0 Å². The van der Waals surface area contributed by atoms with Crippen molar-refractivity contribution in [2.75, 3.05) is 26.2 Å². The molecule has 0 amide bonds. The molecule has 1 saturated heterocycles. The van der Waals surface area contributed by atoms with Crippen molar-refractivity contribution in [2.45, 2.75) is 33.1 Å². The average Bonchev–Trinajstić information content (AvgIpc) is 3.30. The standard InChI is InChI=1S/C18H28N6S/c1-4-19-18(20-7-5-17-21-10-14(2)25-17)24-8-6-15(13-24)9-16-11-22-23(3)12-16/h10-12,15H,4-9,13H2,1-3H3,(H,19,20). The first kappa shape index (κ1) is 17.9. The van der Waals surface area contributed by atoms with Gasteiger partial charge in [0.15, 0.2) is 5.96 Å². The quantitative estimate of drug-likeness (QED) is 0.634. The van der Waals surface area contributed by atoms with Crippen LogP contribution in [0.1, 0.15) is 28.8 Å². The molecule has 2 aromatic rings. The molecule has 25 heavy (non-hydrogen) atoms. The summed E-state index contributed by atoms with van der Waals surface area (Å²) in [5, 5.41) is 8.90. The van der Waals surface area contributed by atoms with Gasteiger partial charge in [-0.2, -0.15) is 5.10 Å². The van der Waals surface area contributed by atoms with Gasteiger partial charge in [-0.05, 0) is 38.2 Å². The van der Waals surface area contributed by atoms with Gasteiger partial charge in [-0.3, -0.25) is 9.67 Å². The van der Waals surface area contributed by atoms with E-state index in [0.717, 1.165) is 45.0 Å². The highest BCUT2D eigenvalue weighted by Gasteiger charge is 2.25. The predicted molar refractivity (Wildman–Crippen MR) is 103 cm³/mol. The molecule has 2 aromatic heterocycles. The summed E-state index contributed by atoms with van der Waals surface area (Å²) in [6.45, 7) is 8.06. The van der Waals surface area contributed by atoms with Crippen molar-refractivity contribution in [3.8, 4) is 0 Å². The molecule has 1 unspecified atom stereocenters. The number of guanidine groups is 1. The van der Waals surface area contributed by atoms with Gasteiger partial charge in [0.25, 0.3) is 0 Å². The van der Waals surface area contributed by atoms with Crippen molar-refractivity contribution in [3.05, 3.63) is 34.0 Å². The van der Waals surface area contributed by atoms with Gasteiger partial charge in [0.05, 0.1) is 11.2 Å². The summed E-state index contributed by atoms with van der Waals surface area (Å²) in [5.74, 6) is 1.72. The van der Waals surface area contributed by atoms with E-state index in [2.05, 4.69) is 40.3 Å². The molecule has 3 rings (SSSR count). The lowest BCUT2D eigenvalue weighted by atomic mass is 10.0. The van der Waals surface area contributed by atoms with Crippen LogP contribution in [-0.4, -0.2) is 51.8 Å². The fourth-order valence-corrected chi connectivity index (χ4v) is 4.08. The van der Waals surface area contributed by atoms with Crippen molar-refractivity contribution < 1.29 is 0 Å². The van der Waals surface area contributed by atoms with E-state index in [1.165, 1.54) is 21.9 Å². The summed E-state index contributed by atoms with van der Waals surface area (Å²) in [7, 11) is 1.98. The summed E-state index contributed by atoms with van der Waals surface area (Å²) in [6, 6.07) is 0. The summed E-state index contributed by atoms with van der Waals surface area (Å²) >= 11 is 1.77. The molecular formula is C18H28N6S. The number of aryl methyl sites for hydroxylation is 2. The SMILES string of the molecule is CCNC(=NCCc1ncc(C)s1)N1CCC(Cc2cnn(C)c2)C1. The molecule has 1 fully saturated rings. The lowest BCUT2D eigenvalue weighted by Crippen LogP contribution is -2.40. The maximum atomic E-state index is 4.83. The maximum absolute atomic E-state index is 4.83. The van der Waals surface area contributed by atoms with Crippen LogP contribution in [0.2, 0.25) is 0 Å². The molecular weight excluding hydrogens is 332 g/mol. The van der Waals surface area contributed by atoms with Crippen LogP contribution in [0.25, 0.3) is 0 Å². The number of rotatable bonds is 6. The maximum Gasteiger partial charge on any atom is 0.193 e. The zero-order chi connectivity index (χ0) is 17.6. The second-order valence-corrected chi connectivity index (χ2v) is 8.00. The number of hydrogen-bond donors (Lipinski definition) is 1. The van der Waals surface area contributed by atoms with Crippen LogP contribution in [0, 0.1) is 12.8 Å². The summed E-state index contributed by atoms with van der Waals surface area (Å²) in [5.41, 5.74) is 1.33. The first-order valence-corrected chi connectivity index (χ1v) is 9.87. The average molecular weight is 361 g/mol. The zero-order valence-electron chi connectivity index (χ0n) is 15.4. The number of nitrogens with one attached hydrogen (secondary N) is 1. The Morgan fingerprint density at radius 3 is 3.00 bits per heavy atom. The molecule has 0 aliphatic carbocycles. The van der Waals surface area contributed by atoms with Crippen LogP contribution in [-0.2, 0) is 19.9 Å². The molecule has 1 N–H and O–H groups in total. The van der Waals surface area contributed by atoms with Crippen LogP contribution in [0.15, 0.2) is 23.6 Å². The molecule has 0 bridgehead atoms. The lowest BCUT2D eigenvalue weighted by molar-refractivity contribution is 0.460. The number of aromatic nitrogens is 3. The third-order valence-corrected chi connectivity index (χ3v) is 5.43. The van der Waals surface area contributed by atoms with Gasteiger partial charge < -0.3 is 10.2 Å². The Kier molecular flexibility index (Phi) is 6.07. The highest BCUT2D eigenvalue weighted by Crippen LogP contribution is 2.21.